The molecule has 2 heterocycles. The van der Waals surface area contributed by atoms with Crippen LogP contribution in [0.2, 0.25) is 0 Å². The lowest BCUT2D eigenvalue weighted by Crippen LogP contribution is -2.22. The number of aromatic nitrogens is 4. The number of benzene rings is 2. The van der Waals surface area contributed by atoms with E-state index in [1.807, 2.05) is 60.7 Å². The van der Waals surface area contributed by atoms with E-state index in [0.29, 0.717) is 17.6 Å². The molecule has 0 N–H and O–H groups in total. The number of para-hydroxylation sites is 1. The van der Waals surface area contributed by atoms with Crippen molar-refractivity contribution in [2.45, 2.75) is 31.8 Å². The summed E-state index contributed by atoms with van der Waals surface area (Å²) in [6.07, 6.45) is 1.29. The van der Waals surface area contributed by atoms with E-state index in [2.05, 4.69) is 16.3 Å². The summed E-state index contributed by atoms with van der Waals surface area (Å²) < 4.78 is 3.59. The van der Waals surface area contributed by atoms with E-state index in [1.54, 1.807) is 16.3 Å². The topological polar surface area (TPSA) is 76.0 Å². The molecule has 2 aromatic heterocycles. The van der Waals surface area contributed by atoms with Gasteiger partial charge in [0.15, 0.2) is 5.16 Å². The van der Waals surface area contributed by atoms with Crippen LogP contribution in [-0.2, 0) is 0 Å². The number of rotatable bonds is 5. The molecule has 4 aromatic rings. The van der Waals surface area contributed by atoms with Crippen LogP contribution in [0.15, 0.2) is 52.4 Å². The standard InChI is InChI=1S/C21H19N5OS/c1-14-9-10-15(2)18(13-14)25-19(27)16-7-3-4-8-17(16)26-20(25)23-24-21(26)28-12-6-5-11-22/h3-4,7-10,13H,5-6,12H2,1-2H3. The van der Waals surface area contributed by atoms with Gasteiger partial charge in [-0.05, 0) is 49.6 Å². The van der Waals surface area contributed by atoms with Crippen molar-refractivity contribution in [3.05, 3.63) is 63.9 Å². The number of thioether (sulfide) groups is 1. The van der Waals surface area contributed by atoms with Crippen LogP contribution in [0.25, 0.3) is 22.4 Å². The van der Waals surface area contributed by atoms with Crippen LogP contribution in [0.4, 0.5) is 0 Å². The lowest BCUT2D eigenvalue weighted by Gasteiger charge is -2.14. The number of hydrogen-bond acceptors (Lipinski definition) is 5. The van der Waals surface area contributed by atoms with Gasteiger partial charge < -0.3 is 0 Å². The van der Waals surface area contributed by atoms with Crippen molar-refractivity contribution in [1.82, 2.24) is 19.2 Å². The van der Waals surface area contributed by atoms with Crippen LogP contribution in [0.5, 0.6) is 0 Å². The molecule has 7 heteroatoms. The Bertz CT molecular complexity index is 1280. The number of unbranched alkanes of at least 4 members (excludes halogenated alkanes) is 1. The zero-order valence-corrected chi connectivity index (χ0v) is 16.5. The van der Waals surface area contributed by atoms with Gasteiger partial charge in [-0.2, -0.15) is 5.26 Å². The minimum atomic E-state index is -0.106. The van der Waals surface area contributed by atoms with Crippen molar-refractivity contribution < 1.29 is 0 Å². The average molecular weight is 389 g/mol. The molecule has 4 rings (SSSR count). The Morgan fingerprint density at radius 2 is 1.96 bits per heavy atom. The SMILES string of the molecule is Cc1ccc(C)c(-n2c(=O)c3ccccc3n3c(SCCCC#N)nnc23)c1. The molecule has 0 atom stereocenters. The number of nitrogens with zero attached hydrogens (tertiary/aromatic N) is 5. The third-order valence-electron chi connectivity index (χ3n) is 4.66. The predicted molar refractivity (Wildman–Crippen MR) is 111 cm³/mol. The molecule has 2 aromatic carbocycles. The van der Waals surface area contributed by atoms with Gasteiger partial charge >= 0.3 is 0 Å². The van der Waals surface area contributed by atoms with Crippen LogP contribution in [0.3, 0.4) is 0 Å². The second-order valence-electron chi connectivity index (χ2n) is 6.68. The van der Waals surface area contributed by atoms with Gasteiger partial charge in [0.1, 0.15) is 0 Å². The molecule has 140 valence electrons. The highest BCUT2D eigenvalue weighted by atomic mass is 32.2. The number of hydrogen-bond donors (Lipinski definition) is 0. The third-order valence-corrected chi connectivity index (χ3v) is 5.68. The van der Waals surface area contributed by atoms with Crippen molar-refractivity contribution in [3.63, 3.8) is 0 Å². The Kier molecular flexibility index (Phi) is 4.88. The molecule has 0 aliphatic heterocycles. The fourth-order valence-corrected chi connectivity index (χ4v) is 4.14. The van der Waals surface area contributed by atoms with Crippen molar-refractivity contribution in [2.75, 3.05) is 5.75 Å². The molecule has 0 aliphatic rings. The van der Waals surface area contributed by atoms with E-state index < -0.39 is 0 Å². The van der Waals surface area contributed by atoms with Crippen molar-refractivity contribution in [1.29, 1.82) is 5.26 Å². The molecule has 0 spiro atoms. The molecule has 0 bridgehead atoms. The highest BCUT2D eigenvalue weighted by Crippen LogP contribution is 2.25. The second-order valence-corrected chi connectivity index (χ2v) is 7.74. The first-order chi connectivity index (χ1) is 13.6. The zero-order valence-electron chi connectivity index (χ0n) is 15.7. The fraction of sp³-hybridized carbons (Fsp3) is 0.238. The first-order valence-electron chi connectivity index (χ1n) is 9.08. The van der Waals surface area contributed by atoms with Crippen molar-refractivity contribution >= 4 is 28.4 Å². The summed E-state index contributed by atoms with van der Waals surface area (Å²) in [7, 11) is 0. The van der Waals surface area contributed by atoms with E-state index in [4.69, 9.17) is 5.26 Å². The largest absolute Gasteiger partial charge is 0.268 e. The van der Waals surface area contributed by atoms with Crippen molar-refractivity contribution in [3.8, 4) is 11.8 Å². The van der Waals surface area contributed by atoms with Crippen LogP contribution in [0.1, 0.15) is 24.0 Å². The minimum Gasteiger partial charge on any atom is -0.268 e. The van der Waals surface area contributed by atoms with Gasteiger partial charge in [0.2, 0.25) is 5.78 Å². The summed E-state index contributed by atoms with van der Waals surface area (Å²) in [5.41, 5.74) is 3.57. The fourth-order valence-electron chi connectivity index (χ4n) is 3.26. The Labute approximate surface area is 166 Å². The number of nitriles is 1. The summed E-state index contributed by atoms with van der Waals surface area (Å²) in [4.78, 5) is 13.4. The van der Waals surface area contributed by atoms with Gasteiger partial charge in [-0.15, -0.1) is 10.2 Å². The first kappa shape index (κ1) is 18.3. The molecule has 0 radical (unpaired) electrons. The summed E-state index contributed by atoms with van der Waals surface area (Å²) in [6.45, 7) is 3.99. The number of fused-ring (bicyclic) bond motifs is 3. The summed E-state index contributed by atoms with van der Waals surface area (Å²) >= 11 is 1.55. The maximum atomic E-state index is 13.4. The van der Waals surface area contributed by atoms with E-state index >= 15 is 0 Å². The molecule has 0 amide bonds. The van der Waals surface area contributed by atoms with Gasteiger partial charge in [0.25, 0.3) is 5.56 Å². The zero-order chi connectivity index (χ0) is 19.7. The van der Waals surface area contributed by atoms with E-state index in [1.165, 1.54) is 0 Å². The van der Waals surface area contributed by atoms with Crippen LogP contribution < -0.4 is 5.56 Å². The Balaban J connectivity index is 2.01. The Hall–Kier alpha value is -3.11. The lowest BCUT2D eigenvalue weighted by atomic mass is 10.1. The first-order valence-corrected chi connectivity index (χ1v) is 10.1. The van der Waals surface area contributed by atoms with Crippen LogP contribution in [0, 0.1) is 25.2 Å². The Morgan fingerprint density at radius 1 is 1.14 bits per heavy atom. The summed E-state index contributed by atoms with van der Waals surface area (Å²) in [5, 5.41) is 18.8. The second kappa shape index (κ2) is 7.49. The van der Waals surface area contributed by atoms with E-state index in [9.17, 15) is 4.79 Å². The molecule has 0 saturated carbocycles. The molecule has 0 fully saturated rings. The molecule has 0 aliphatic carbocycles. The number of aryl methyl sites for hydroxylation is 2. The monoisotopic (exact) mass is 389 g/mol. The third kappa shape index (κ3) is 3.06. The molecular formula is C21H19N5OS. The average Bonchev–Trinajstić information content (AvgIpc) is 3.12. The maximum absolute atomic E-state index is 13.4. The maximum Gasteiger partial charge on any atom is 0.267 e. The predicted octanol–water partition coefficient (Wildman–Crippen LogP) is 4.05. The van der Waals surface area contributed by atoms with Crippen molar-refractivity contribution in [2.24, 2.45) is 0 Å². The highest BCUT2D eigenvalue weighted by molar-refractivity contribution is 7.99. The molecule has 0 saturated heterocycles. The van der Waals surface area contributed by atoms with E-state index in [-0.39, 0.29) is 5.56 Å². The summed E-state index contributed by atoms with van der Waals surface area (Å²) in [5.74, 6) is 1.27. The normalized spacial score (nSPS) is 11.2. The van der Waals surface area contributed by atoms with Gasteiger partial charge in [0, 0.05) is 12.2 Å². The lowest BCUT2D eigenvalue weighted by molar-refractivity contribution is 0.918. The van der Waals surface area contributed by atoms with Gasteiger partial charge in [-0.1, -0.05) is 36.0 Å². The smallest absolute Gasteiger partial charge is 0.267 e. The molecule has 28 heavy (non-hydrogen) atoms. The summed E-state index contributed by atoms with van der Waals surface area (Å²) in [6, 6.07) is 15.7. The molecular weight excluding hydrogens is 370 g/mol. The van der Waals surface area contributed by atoms with Gasteiger partial charge in [0.05, 0.1) is 22.7 Å². The molecule has 6 nitrogen and oxygen atoms in total. The van der Waals surface area contributed by atoms with Gasteiger partial charge in [-0.25, -0.2) is 4.57 Å². The Morgan fingerprint density at radius 3 is 2.79 bits per heavy atom. The molecule has 0 unspecified atom stereocenters. The van der Waals surface area contributed by atoms with E-state index in [0.717, 1.165) is 39.7 Å². The van der Waals surface area contributed by atoms with Crippen LogP contribution in [-0.4, -0.2) is 24.9 Å². The highest BCUT2D eigenvalue weighted by Gasteiger charge is 2.18. The quantitative estimate of drug-likeness (QED) is 0.380. The van der Waals surface area contributed by atoms with Gasteiger partial charge in [-0.3, -0.25) is 9.20 Å². The minimum absolute atomic E-state index is 0.106. The van der Waals surface area contributed by atoms with Crippen LogP contribution >= 0.6 is 11.8 Å².